The van der Waals surface area contributed by atoms with Gasteiger partial charge in [0.2, 0.25) is 0 Å². The first kappa shape index (κ1) is 15.1. The molecule has 3 nitrogen and oxygen atoms in total. The molecule has 0 atom stereocenters. The molecule has 100 valence electrons. The van der Waals surface area contributed by atoms with Gasteiger partial charge in [-0.2, -0.15) is 13.2 Å². The highest BCUT2D eigenvalue weighted by atomic mass is 127. The van der Waals surface area contributed by atoms with Crippen molar-refractivity contribution in [3.63, 3.8) is 0 Å². The van der Waals surface area contributed by atoms with Crippen molar-refractivity contribution in [2.24, 2.45) is 0 Å². The summed E-state index contributed by atoms with van der Waals surface area (Å²) in [5, 5.41) is 0. The minimum absolute atomic E-state index is 0.404. The zero-order valence-electron chi connectivity index (χ0n) is 8.69. The van der Waals surface area contributed by atoms with Gasteiger partial charge in [0.05, 0.1) is 12.7 Å². The molecule has 1 rings (SSSR count). The summed E-state index contributed by atoms with van der Waals surface area (Å²) in [5.41, 5.74) is -3.28. The Morgan fingerprint density at radius 2 is 2.00 bits per heavy atom. The highest BCUT2D eigenvalue weighted by Gasteiger charge is 2.40. The second kappa shape index (κ2) is 5.33. The fourth-order valence-electron chi connectivity index (χ4n) is 1.16. The van der Waals surface area contributed by atoms with Gasteiger partial charge in [0.25, 0.3) is 6.43 Å². The number of hydrogen-bond donors (Lipinski definition) is 0. The van der Waals surface area contributed by atoms with Crippen molar-refractivity contribution >= 4 is 28.6 Å². The number of rotatable bonds is 2. The van der Waals surface area contributed by atoms with E-state index in [-0.39, 0.29) is 0 Å². The summed E-state index contributed by atoms with van der Waals surface area (Å²) < 4.78 is 66.5. The fourth-order valence-corrected chi connectivity index (χ4v) is 2.01. The van der Waals surface area contributed by atoms with Crippen LogP contribution in [0, 0.1) is 3.57 Å². The molecule has 0 aliphatic rings. The van der Waals surface area contributed by atoms with E-state index in [1.807, 2.05) is 0 Å². The summed E-state index contributed by atoms with van der Waals surface area (Å²) in [6, 6.07) is 0. The molecule has 0 aliphatic carbocycles. The quantitative estimate of drug-likeness (QED) is 0.448. The number of alkyl halides is 5. The molecule has 0 saturated carbocycles. The first-order chi connectivity index (χ1) is 8.20. The minimum atomic E-state index is -4.93. The first-order valence-electron chi connectivity index (χ1n) is 4.32. The first-order valence-corrected chi connectivity index (χ1v) is 5.40. The van der Waals surface area contributed by atoms with Gasteiger partial charge in [0.1, 0.15) is 5.56 Å². The molecular formula is C9H5F5INO2. The lowest BCUT2D eigenvalue weighted by molar-refractivity contribution is -0.141. The predicted octanol–water partition coefficient (Wildman–Crippen LogP) is 3.43. The van der Waals surface area contributed by atoms with Crippen LogP contribution in [0.4, 0.5) is 22.0 Å². The van der Waals surface area contributed by atoms with Crippen LogP contribution < -0.4 is 0 Å². The van der Waals surface area contributed by atoms with Crippen LogP contribution in [0.25, 0.3) is 0 Å². The zero-order valence-corrected chi connectivity index (χ0v) is 10.8. The van der Waals surface area contributed by atoms with E-state index in [4.69, 9.17) is 0 Å². The molecule has 1 aromatic rings. The highest BCUT2D eigenvalue weighted by Crippen LogP contribution is 2.35. The maximum absolute atomic E-state index is 12.6. The molecule has 0 N–H and O–H groups in total. The lowest BCUT2D eigenvalue weighted by atomic mass is 10.1. The summed E-state index contributed by atoms with van der Waals surface area (Å²) >= 11 is 1.24. The van der Waals surface area contributed by atoms with Crippen molar-refractivity contribution in [2.45, 2.75) is 12.6 Å². The maximum atomic E-state index is 12.6. The van der Waals surface area contributed by atoms with E-state index in [1.165, 1.54) is 22.6 Å². The summed E-state index contributed by atoms with van der Waals surface area (Å²) in [6.07, 6.45) is -7.55. The Balaban J connectivity index is 3.57. The monoisotopic (exact) mass is 381 g/mol. The number of esters is 1. The van der Waals surface area contributed by atoms with Crippen molar-refractivity contribution in [3.8, 4) is 0 Å². The molecule has 0 bridgehead atoms. The average molecular weight is 381 g/mol. The van der Waals surface area contributed by atoms with Crippen LogP contribution >= 0.6 is 22.6 Å². The zero-order chi connectivity index (χ0) is 14.1. The predicted molar refractivity (Wildman–Crippen MR) is 58.3 cm³/mol. The topological polar surface area (TPSA) is 39.2 Å². The standard InChI is InChI=1S/C9H5F5INO2/c1-18-8(17)4-5(15)3(7(10)11)2-16-6(4)9(12,13)14/h2,7H,1H3. The summed E-state index contributed by atoms with van der Waals surface area (Å²) in [4.78, 5) is 14.2. The van der Waals surface area contributed by atoms with Crippen LogP contribution in [0.2, 0.25) is 0 Å². The van der Waals surface area contributed by atoms with Crippen molar-refractivity contribution in [1.29, 1.82) is 0 Å². The molecule has 0 spiro atoms. The largest absolute Gasteiger partial charge is 0.465 e. The number of methoxy groups -OCH3 is 1. The number of pyridine rings is 1. The number of carbonyl (C=O) groups is 1. The van der Waals surface area contributed by atoms with E-state index in [2.05, 4.69) is 9.72 Å². The highest BCUT2D eigenvalue weighted by molar-refractivity contribution is 14.1. The third-order valence-corrected chi connectivity index (χ3v) is 3.10. The second-order valence-electron chi connectivity index (χ2n) is 3.04. The number of nitrogens with zero attached hydrogens (tertiary/aromatic N) is 1. The van der Waals surface area contributed by atoms with Gasteiger partial charge in [0.15, 0.2) is 5.69 Å². The van der Waals surface area contributed by atoms with Crippen molar-refractivity contribution in [2.75, 3.05) is 7.11 Å². The van der Waals surface area contributed by atoms with E-state index >= 15 is 0 Å². The van der Waals surface area contributed by atoms with Crippen LogP contribution in [-0.2, 0) is 10.9 Å². The molecule has 0 amide bonds. The summed E-state index contributed by atoms with van der Waals surface area (Å²) in [6.45, 7) is 0. The Kier molecular flexibility index (Phi) is 4.46. The van der Waals surface area contributed by atoms with Crippen LogP contribution in [0.15, 0.2) is 6.20 Å². The van der Waals surface area contributed by atoms with Crippen molar-refractivity contribution in [3.05, 3.63) is 26.6 Å². The Labute approximate surface area is 111 Å². The minimum Gasteiger partial charge on any atom is -0.465 e. The summed E-state index contributed by atoms with van der Waals surface area (Å²) in [7, 11) is 0.855. The molecule has 1 heterocycles. The van der Waals surface area contributed by atoms with Gasteiger partial charge in [-0.05, 0) is 22.6 Å². The SMILES string of the molecule is COC(=O)c1c(C(F)(F)F)ncc(C(F)F)c1I. The molecule has 0 radical (unpaired) electrons. The summed E-state index contributed by atoms with van der Waals surface area (Å²) in [5.74, 6) is -1.36. The van der Waals surface area contributed by atoms with Gasteiger partial charge in [-0.25, -0.2) is 13.6 Å². The Morgan fingerprint density at radius 3 is 2.39 bits per heavy atom. The van der Waals surface area contributed by atoms with Crippen LogP contribution in [0.5, 0.6) is 0 Å². The second-order valence-corrected chi connectivity index (χ2v) is 4.12. The molecule has 1 aromatic heterocycles. The molecular weight excluding hydrogens is 376 g/mol. The van der Waals surface area contributed by atoms with Gasteiger partial charge in [-0.15, -0.1) is 0 Å². The average Bonchev–Trinajstić information content (AvgIpc) is 2.25. The van der Waals surface area contributed by atoms with E-state index in [1.54, 1.807) is 0 Å². The van der Waals surface area contributed by atoms with Gasteiger partial charge in [-0.1, -0.05) is 0 Å². The van der Waals surface area contributed by atoms with Crippen LogP contribution in [0.3, 0.4) is 0 Å². The smallest absolute Gasteiger partial charge is 0.434 e. The van der Waals surface area contributed by atoms with E-state index in [0.29, 0.717) is 6.20 Å². The van der Waals surface area contributed by atoms with Gasteiger partial charge < -0.3 is 4.74 Å². The van der Waals surface area contributed by atoms with Crippen molar-refractivity contribution < 1.29 is 31.5 Å². The Hall–Kier alpha value is -1.00. The molecule has 0 fully saturated rings. The van der Waals surface area contributed by atoms with E-state index in [0.717, 1.165) is 7.11 Å². The van der Waals surface area contributed by atoms with Crippen LogP contribution in [-0.4, -0.2) is 18.1 Å². The number of aromatic nitrogens is 1. The molecule has 0 aliphatic heterocycles. The maximum Gasteiger partial charge on any atom is 0.434 e. The Bertz CT molecular complexity index is 475. The third kappa shape index (κ3) is 2.87. The number of carbonyl (C=O) groups excluding carboxylic acids is 1. The molecule has 0 unspecified atom stereocenters. The normalized spacial score (nSPS) is 11.8. The van der Waals surface area contributed by atoms with Crippen molar-refractivity contribution in [1.82, 2.24) is 4.98 Å². The number of halogens is 6. The molecule has 0 aromatic carbocycles. The van der Waals surface area contributed by atoms with E-state index in [9.17, 15) is 26.7 Å². The lowest BCUT2D eigenvalue weighted by Crippen LogP contribution is -2.19. The Morgan fingerprint density at radius 1 is 1.44 bits per heavy atom. The van der Waals surface area contributed by atoms with Crippen LogP contribution in [0.1, 0.15) is 28.0 Å². The van der Waals surface area contributed by atoms with E-state index < -0.39 is 39.0 Å². The fraction of sp³-hybridized carbons (Fsp3) is 0.333. The molecule has 18 heavy (non-hydrogen) atoms. The van der Waals surface area contributed by atoms with Gasteiger partial charge in [-0.3, -0.25) is 4.98 Å². The molecule has 9 heteroatoms. The van der Waals surface area contributed by atoms with Gasteiger partial charge >= 0.3 is 12.1 Å². The number of hydrogen-bond acceptors (Lipinski definition) is 3. The lowest BCUT2D eigenvalue weighted by Gasteiger charge is -2.14. The third-order valence-electron chi connectivity index (χ3n) is 1.94. The van der Waals surface area contributed by atoms with Gasteiger partial charge in [0, 0.05) is 9.77 Å². The number of ether oxygens (including phenoxy) is 1. The molecule has 0 saturated heterocycles.